The quantitative estimate of drug-likeness (QED) is 0.274. The second-order valence-electron chi connectivity index (χ2n) is 7.07. The molecule has 0 atom stereocenters. The zero-order valence-corrected chi connectivity index (χ0v) is 19.9. The molecule has 9 heteroatoms. The molecule has 160 valence electrons. The van der Waals surface area contributed by atoms with Crippen molar-refractivity contribution in [3.05, 3.63) is 75.1 Å². The second-order valence-corrected chi connectivity index (χ2v) is 10.6. The molecule has 0 fully saturated rings. The molecule has 0 aliphatic heterocycles. The van der Waals surface area contributed by atoms with Crippen LogP contribution < -0.4 is 5.32 Å². The number of thiazole rings is 1. The number of amides is 1. The van der Waals surface area contributed by atoms with Gasteiger partial charge in [-0.15, -0.1) is 21.5 Å². The Morgan fingerprint density at radius 1 is 1.06 bits per heavy atom. The lowest BCUT2D eigenvalue weighted by molar-refractivity contribution is -0.115. The summed E-state index contributed by atoms with van der Waals surface area (Å²) in [5, 5.41) is 21.4. The zero-order valence-electron chi connectivity index (χ0n) is 17.5. The van der Waals surface area contributed by atoms with Crippen molar-refractivity contribution < 1.29 is 4.79 Å². The Hall–Kier alpha value is -3.06. The number of hydrogen-bond donors (Lipinski definition) is 1. The summed E-state index contributed by atoms with van der Waals surface area (Å²) in [4.78, 5) is 18.2. The first-order valence-electron chi connectivity index (χ1n) is 9.78. The summed E-state index contributed by atoms with van der Waals surface area (Å²) in [6, 6.07) is 17.7. The van der Waals surface area contributed by atoms with Crippen molar-refractivity contribution >= 4 is 45.5 Å². The van der Waals surface area contributed by atoms with Crippen LogP contribution in [0.15, 0.2) is 52.9 Å². The molecule has 2 aromatic carbocycles. The Morgan fingerprint density at radius 3 is 2.53 bits per heavy atom. The topological polar surface area (TPSA) is 91.6 Å². The number of nitrogens with one attached hydrogen (secondary N) is 1. The number of carbonyl (C=O) groups excluding carboxylic acids is 1. The molecule has 4 aromatic rings. The van der Waals surface area contributed by atoms with Gasteiger partial charge >= 0.3 is 0 Å². The molecule has 1 N–H and O–H groups in total. The third-order valence-corrected chi connectivity index (χ3v) is 7.56. The molecule has 0 saturated heterocycles. The lowest BCUT2D eigenvalue weighted by Gasteiger charge is -2.03. The summed E-state index contributed by atoms with van der Waals surface area (Å²) in [5.74, 6) is 0.579. The third-order valence-electron chi connectivity index (χ3n) is 4.55. The van der Waals surface area contributed by atoms with Crippen LogP contribution in [0.1, 0.15) is 26.6 Å². The average Bonchev–Trinajstić information content (AvgIpc) is 3.39. The van der Waals surface area contributed by atoms with Gasteiger partial charge in [-0.3, -0.25) is 4.79 Å². The van der Waals surface area contributed by atoms with Crippen molar-refractivity contribution in [2.24, 2.45) is 0 Å². The van der Waals surface area contributed by atoms with Crippen molar-refractivity contribution in [2.45, 2.75) is 30.4 Å². The van der Waals surface area contributed by atoms with E-state index >= 15 is 0 Å². The molecule has 0 aliphatic rings. The van der Waals surface area contributed by atoms with Gasteiger partial charge in [-0.05, 0) is 31.5 Å². The smallest absolute Gasteiger partial charge is 0.231 e. The molecule has 0 unspecified atom stereocenters. The van der Waals surface area contributed by atoms with Gasteiger partial charge in [0.15, 0.2) is 4.34 Å². The monoisotopic (exact) mass is 477 g/mol. The van der Waals surface area contributed by atoms with E-state index in [1.54, 1.807) is 23.9 Å². The number of aromatic nitrogens is 3. The molecular weight excluding hydrogens is 458 g/mol. The van der Waals surface area contributed by atoms with Crippen molar-refractivity contribution in [3.63, 3.8) is 0 Å². The van der Waals surface area contributed by atoms with Crippen molar-refractivity contribution in [1.82, 2.24) is 15.2 Å². The lowest BCUT2D eigenvalue weighted by atomic mass is 10.1. The van der Waals surface area contributed by atoms with E-state index in [2.05, 4.69) is 26.6 Å². The van der Waals surface area contributed by atoms with Gasteiger partial charge in [-0.25, -0.2) is 4.98 Å². The highest BCUT2D eigenvalue weighted by molar-refractivity contribution is 8.00. The van der Waals surface area contributed by atoms with Crippen LogP contribution in [0.4, 0.5) is 5.13 Å². The van der Waals surface area contributed by atoms with Gasteiger partial charge < -0.3 is 5.32 Å². The summed E-state index contributed by atoms with van der Waals surface area (Å²) in [6.45, 7) is 4.00. The maximum absolute atomic E-state index is 12.7. The molecule has 6 nitrogen and oxygen atoms in total. The van der Waals surface area contributed by atoms with Crippen LogP contribution in [0.3, 0.4) is 0 Å². The van der Waals surface area contributed by atoms with Crippen LogP contribution in [0.2, 0.25) is 0 Å². The van der Waals surface area contributed by atoms with Gasteiger partial charge in [-0.1, -0.05) is 65.1 Å². The number of aryl methyl sites for hydroxylation is 2. The molecular formula is C23H19N5OS3. The molecule has 0 spiro atoms. The fourth-order valence-electron chi connectivity index (χ4n) is 2.97. The van der Waals surface area contributed by atoms with Gasteiger partial charge in [-0.2, -0.15) is 5.26 Å². The molecule has 0 saturated carbocycles. The first kappa shape index (κ1) is 22.1. The first-order chi connectivity index (χ1) is 15.5. The Balaban J connectivity index is 1.36. The standard InChI is InChI=1S/C23H19N5OS3/c1-14-3-9-18(10-4-14)21-19(31-15(2)25-21)11-20(29)26-22-27-28-23(32-22)30-13-17-7-5-16(12-24)6-8-17/h3-10H,11,13H2,1-2H3,(H,26,27,29). The first-order valence-corrected chi connectivity index (χ1v) is 12.4. The minimum absolute atomic E-state index is 0.137. The summed E-state index contributed by atoms with van der Waals surface area (Å²) < 4.78 is 0.777. The van der Waals surface area contributed by atoms with E-state index in [9.17, 15) is 4.79 Å². The van der Waals surface area contributed by atoms with E-state index in [0.29, 0.717) is 16.4 Å². The highest BCUT2D eigenvalue weighted by atomic mass is 32.2. The van der Waals surface area contributed by atoms with Crippen molar-refractivity contribution in [2.75, 3.05) is 5.32 Å². The number of nitrogens with zero attached hydrogens (tertiary/aromatic N) is 4. The molecule has 4 rings (SSSR count). The number of thioether (sulfide) groups is 1. The summed E-state index contributed by atoms with van der Waals surface area (Å²) in [5.41, 5.74) is 4.79. The molecule has 0 aliphatic carbocycles. The van der Waals surface area contributed by atoms with E-state index in [0.717, 1.165) is 31.0 Å². The maximum atomic E-state index is 12.7. The van der Waals surface area contributed by atoms with Gasteiger partial charge in [0.1, 0.15) is 0 Å². The second kappa shape index (κ2) is 10.0. The fraction of sp³-hybridized carbons (Fsp3) is 0.174. The number of nitriles is 1. The van der Waals surface area contributed by atoms with E-state index in [1.165, 1.54) is 28.2 Å². The number of hydrogen-bond acceptors (Lipinski definition) is 8. The van der Waals surface area contributed by atoms with Crippen LogP contribution in [0, 0.1) is 25.2 Å². The maximum Gasteiger partial charge on any atom is 0.231 e. The number of carbonyl (C=O) groups is 1. The average molecular weight is 478 g/mol. The van der Waals surface area contributed by atoms with Gasteiger partial charge in [0.25, 0.3) is 0 Å². The highest BCUT2D eigenvalue weighted by Gasteiger charge is 2.16. The molecule has 32 heavy (non-hydrogen) atoms. The Kier molecular flexibility index (Phi) is 6.95. The minimum atomic E-state index is -0.137. The van der Waals surface area contributed by atoms with Crippen LogP contribution in [0.25, 0.3) is 11.3 Å². The van der Waals surface area contributed by atoms with Crippen LogP contribution >= 0.6 is 34.4 Å². The third kappa shape index (κ3) is 5.59. The molecule has 2 aromatic heterocycles. The van der Waals surface area contributed by atoms with Crippen LogP contribution in [-0.2, 0) is 17.0 Å². The van der Waals surface area contributed by atoms with Crippen LogP contribution in [0.5, 0.6) is 0 Å². The van der Waals surface area contributed by atoms with E-state index in [4.69, 9.17) is 5.26 Å². The fourth-order valence-corrected chi connectivity index (χ4v) is 5.66. The number of benzene rings is 2. The lowest BCUT2D eigenvalue weighted by Crippen LogP contribution is -2.14. The largest absolute Gasteiger partial charge is 0.300 e. The highest BCUT2D eigenvalue weighted by Crippen LogP contribution is 2.30. The van der Waals surface area contributed by atoms with Gasteiger partial charge in [0, 0.05) is 16.2 Å². The van der Waals surface area contributed by atoms with E-state index in [-0.39, 0.29) is 12.3 Å². The molecule has 0 bridgehead atoms. The molecule has 1 amide bonds. The number of rotatable bonds is 7. The van der Waals surface area contributed by atoms with Crippen molar-refractivity contribution in [3.8, 4) is 17.3 Å². The normalized spacial score (nSPS) is 10.7. The van der Waals surface area contributed by atoms with Crippen molar-refractivity contribution in [1.29, 1.82) is 5.26 Å². The van der Waals surface area contributed by atoms with Gasteiger partial charge in [0.2, 0.25) is 11.0 Å². The predicted octanol–water partition coefficient (Wildman–Crippen LogP) is 5.62. The Bertz CT molecular complexity index is 1270. The van der Waals surface area contributed by atoms with Gasteiger partial charge in [0.05, 0.1) is 28.8 Å². The molecule has 2 heterocycles. The minimum Gasteiger partial charge on any atom is -0.300 e. The summed E-state index contributed by atoms with van der Waals surface area (Å²) in [7, 11) is 0. The Labute approximate surface area is 198 Å². The Morgan fingerprint density at radius 2 is 1.81 bits per heavy atom. The van der Waals surface area contributed by atoms with E-state index in [1.807, 2.05) is 50.2 Å². The predicted molar refractivity (Wildman–Crippen MR) is 130 cm³/mol. The number of anilines is 1. The molecule has 0 radical (unpaired) electrons. The van der Waals surface area contributed by atoms with Crippen LogP contribution in [-0.4, -0.2) is 21.1 Å². The van der Waals surface area contributed by atoms with E-state index < -0.39 is 0 Å². The summed E-state index contributed by atoms with van der Waals surface area (Å²) in [6.07, 6.45) is 0.238. The summed E-state index contributed by atoms with van der Waals surface area (Å²) >= 11 is 4.43. The zero-order chi connectivity index (χ0) is 22.5. The SMILES string of the molecule is Cc1ccc(-c2nc(C)sc2CC(=O)Nc2nnc(SCc3ccc(C#N)cc3)s2)cc1.